The Kier molecular flexibility index (Phi) is 5.76. The Balaban J connectivity index is 2.22. The minimum Gasteiger partial charge on any atom is -0.465 e. The van der Waals surface area contributed by atoms with E-state index in [9.17, 15) is 9.59 Å². The molecule has 0 radical (unpaired) electrons. The number of aryl methyl sites for hydroxylation is 1. The summed E-state index contributed by atoms with van der Waals surface area (Å²) in [4.78, 5) is 26.6. The van der Waals surface area contributed by atoms with Gasteiger partial charge in [0.15, 0.2) is 0 Å². The van der Waals surface area contributed by atoms with Gasteiger partial charge < -0.3 is 19.8 Å². The van der Waals surface area contributed by atoms with E-state index in [2.05, 4.69) is 5.32 Å². The smallest absolute Gasteiger partial charge is 0.341 e. The number of esters is 1. The van der Waals surface area contributed by atoms with Crippen LogP contribution in [0.15, 0.2) is 0 Å². The van der Waals surface area contributed by atoms with Crippen LogP contribution in [0.5, 0.6) is 0 Å². The van der Waals surface area contributed by atoms with Gasteiger partial charge in [-0.15, -0.1) is 11.3 Å². The number of methoxy groups -OCH3 is 1. The highest BCUT2D eigenvalue weighted by Gasteiger charge is 2.28. The maximum Gasteiger partial charge on any atom is 0.341 e. The van der Waals surface area contributed by atoms with Crippen LogP contribution in [-0.2, 0) is 17.6 Å². The number of nitrogens with zero attached hydrogens (tertiary/aromatic N) is 1. The van der Waals surface area contributed by atoms with Gasteiger partial charge in [0.05, 0.1) is 25.9 Å². The molecule has 122 valence electrons. The predicted molar refractivity (Wildman–Crippen MR) is 82.4 cm³/mol. The van der Waals surface area contributed by atoms with Crippen LogP contribution in [-0.4, -0.2) is 60.5 Å². The van der Waals surface area contributed by atoms with Crippen LogP contribution in [0.4, 0.5) is 9.80 Å². The fourth-order valence-corrected chi connectivity index (χ4v) is 3.81. The number of hydrogen-bond donors (Lipinski definition) is 3. The zero-order valence-electron chi connectivity index (χ0n) is 12.4. The SMILES string of the molecule is COC(=O)c1c(NC(=O)N(CCO)CCO)sc2c1CCC2. The molecule has 1 aromatic rings. The van der Waals surface area contributed by atoms with E-state index < -0.39 is 12.0 Å². The third-order valence-electron chi connectivity index (χ3n) is 3.56. The Labute approximate surface area is 132 Å². The second-order valence-electron chi connectivity index (χ2n) is 4.92. The molecular formula is C14H20N2O5S. The first-order valence-corrected chi connectivity index (χ1v) is 7.94. The highest BCUT2D eigenvalue weighted by molar-refractivity contribution is 7.17. The van der Waals surface area contributed by atoms with Gasteiger partial charge in [0.2, 0.25) is 0 Å². The minimum atomic E-state index is -0.453. The van der Waals surface area contributed by atoms with Gasteiger partial charge in [-0.2, -0.15) is 0 Å². The Morgan fingerprint density at radius 3 is 2.55 bits per heavy atom. The first-order valence-electron chi connectivity index (χ1n) is 7.12. The normalized spacial score (nSPS) is 12.9. The molecule has 1 heterocycles. The summed E-state index contributed by atoms with van der Waals surface area (Å²) >= 11 is 1.39. The molecule has 3 N–H and O–H groups in total. The van der Waals surface area contributed by atoms with Crippen molar-refractivity contribution in [3.05, 3.63) is 16.0 Å². The number of carbonyl (C=O) groups is 2. The predicted octanol–water partition coefficient (Wildman–Crippen LogP) is 0.842. The molecule has 0 spiro atoms. The Hall–Kier alpha value is -1.64. The maximum absolute atomic E-state index is 12.2. The van der Waals surface area contributed by atoms with E-state index in [0.29, 0.717) is 10.6 Å². The van der Waals surface area contributed by atoms with E-state index in [1.165, 1.54) is 23.3 Å². The molecule has 2 amide bonds. The molecular weight excluding hydrogens is 308 g/mol. The molecule has 0 unspecified atom stereocenters. The molecule has 0 fully saturated rings. The molecule has 1 aromatic heterocycles. The number of anilines is 1. The van der Waals surface area contributed by atoms with Gasteiger partial charge >= 0.3 is 12.0 Å². The van der Waals surface area contributed by atoms with Crippen LogP contribution >= 0.6 is 11.3 Å². The van der Waals surface area contributed by atoms with Gasteiger partial charge in [-0.05, 0) is 24.8 Å². The van der Waals surface area contributed by atoms with Crippen LogP contribution in [0.1, 0.15) is 27.2 Å². The number of ether oxygens (including phenoxy) is 1. The number of aliphatic hydroxyl groups excluding tert-OH is 2. The lowest BCUT2D eigenvalue weighted by Crippen LogP contribution is -2.39. The number of nitrogens with one attached hydrogen (secondary N) is 1. The molecule has 0 aromatic carbocycles. The second kappa shape index (κ2) is 7.57. The standard InChI is InChI=1S/C14H20N2O5S/c1-21-13(19)11-9-3-2-4-10(9)22-12(11)15-14(20)16(5-7-17)6-8-18/h17-18H,2-8H2,1H3,(H,15,20). The molecule has 1 aliphatic carbocycles. The lowest BCUT2D eigenvalue weighted by atomic mass is 10.1. The van der Waals surface area contributed by atoms with Crippen molar-refractivity contribution in [3.63, 3.8) is 0 Å². The number of aliphatic hydroxyl groups is 2. The van der Waals surface area contributed by atoms with Crippen LogP contribution < -0.4 is 5.32 Å². The summed E-state index contributed by atoms with van der Waals surface area (Å²) in [5, 5.41) is 21.1. The first-order chi connectivity index (χ1) is 10.6. The third-order valence-corrected chi connectivity index (χ3v) is 4.77. The zero-order chi connectivity index (χ0) is 16.1. The molecule has 1 aliphatic rings. The maximum atomic E-state index is 12.2. The molecule has 0 saturated heterocycles. The number of urea groups is 1. The Morgan fingerprint density at radius 2 is 1.95 bits per heavy atom. The van der Waals surface area contributed by atoms with Crippen molar-refractivity contribution < 1.29 is 24.5 Å². The average molecular weight is 328 g/mol. The van der Waals surface area contributed by atoms with E-state index in [1.807, 2.05) is 0 Å². The molecule has 0 saturated carbocycles. The first kappa shape index (κ1) is 16.7. The molecule has 0 atom stereocenters. The molecule has 2 rings (SSSR count). The van der Waals surface area contributed by atoms with Gasteiger partial charge in [0.1, 0.15) is 5.00 Å². The van der Waals surface area contributed by atoms with E-state index in [1.54, 1.807) is 0 Å². The third kappa shape index (κ3) is 3.40. The van der Waals surface area contributed by atoms with Crippen molar-refractivity contribution in [2.75, 3.05) is 38.7 Å². The van der Waals surface area contributed by atoms with Gasteiger partial charge in [0, 0.05) is 18.0 Å². The number of hydrogen-bond acceptors (Lipinski definition) is 6. The monoisotopic (exact) mass is 328 g/mol. The van der Waals surface area contributed by atoms with Gasteiger partial charge in [-0.25, -0.2) is 9.59 Å². The molecule has 0 aliphatic heterocycles. The van der Waals surface area contributed by atoms with Crippen molar-refractivity contribution in [3.8, 4) is 0 Å². The zero-order valence-corrected chi connectivity index (χ0v) is 13.2. The number of carbonyl (C=O) groups excluding carboxylic acids is 2. The number of amides is 2. The Morgan fingerprint density at radius 1 is 1.27 bits per heavy atom. The van der Waals surface area contributed by atoms with Crippen LogP contribution in [0, 0.1) is 0 Å². The quantitative estimate of drug-likeness (QED) is 0.672. The van der Waals surface area contributed by atoms with Crippen LogP contribution in [0.3, 0.4) is 0 Å². The number of thiophene rings is 1. The van der Waals surface area contributed by atoms with Gasteiger partial charge in [-0.3, -0.25) is 5.32 Å². The van der Waals surface area contributed by atoms with Crippen molar-refractivity contribution in [1.82, 2.24) is 4.90 Å². The highest BCUT2D eigenvalue weighted by Crippen LogP contribution is 2.39. The molecule has 0 bridgehead atoms. The van der Waals surface area contributed by atoms with Gasteiger partial charge in [-0.1, -0.05) is 0 Å². The summed E-state index contributed by atoms with van der Waals surface area (Å²) in [6.07, 6.45) is 2.71. The molecule has 22 heavy (non-hydrogen) atoms. The lowest BCUT2D eigenvalue weighted by molar-refractivity contribution is 0.0601. The van der Waals surface area contributed by atoms with E-state index in [-0.39, 0.29) is 26.3 Å². The number of fused-ring (bicyclic) bond motifs is 1. The summed E-state index contributed by atoms with van der Waals surface area (Å²) < 4.78 is 4.82. The summed E-state index contributed by atoms with van der Waals surface area (Å²) in [5.41, 5.74) is 1.39. The lowest BCUT2D eigenvalue weighted by Gasteiger charge is -2.21. The van der Waals surface area contributed by atoms with E-state index >= 15 is 0 Å². The van der Waals surface area contributed by atoms with Crippen LogP contribution in [0.25, 0.3) is 0 Å². The highest BCUT2D eigenvalue weighted by atomic mass is 32.1. The van der Waals surface area contributed by atoms with E-state index in [0.717, 1.165) is 29.7 Å². The average Bonchev–Trinajstić information content (AvgIpc) is 3.06. The van der Waals surface area contributed by atoms with Crippen molar-refractivity contribution >= 4 is 28.3 Å². The summed E-state index contributed by atoms with van der Waals surface area (Å²) in [6.45, 7) is -0.160. The molecule has 8 heteroatoms. The van der Waals surface area contributed by atoms with Crippen LogP contribution in [0.2, 0.25) is 0 Å². The molecule has 7 nitrogen and oxygen atoms in total. The Bertz CT molecular complexity index is 552. The van der Waals surface area contributed by atoms with Gasteiger partial charge in [0.25, 0.3) is 0 Å². The summed E-state index contributed by atoms with van der Waals surface area (Å²) in [7, 11) is 1.32. The minimum absolute atomic E-state index is 0.116. The number of rotatable bonds is 6. The largest absolute Gasteiger partial charge is 0.465 e. The fraction of sp³-hybridized carbons (Fsp3) is 0.571. The summed E-state index contributed by atoms with van der Waals surface area (Å²) in [5.74, 6) is -0.453. The summed E-state index contributed by atoms with van der Waals surface area (Å²) in [6, 6.07) is -0.451. The van der Waals surface area contributed by atoms with Crippen molar-refractivity contribution in [2.45, 2.75) is 19.3 Å². The topological polar surface area (TPSA) is 99.1 Å². The fourth-order valence-electron chi connectivity index (χ4n) is 2.54. The van der Waals surface area contributed by atoms with Crippen molar-refractivity contribution in [1.29, 1.82) is 0 Å². The second-order valence-corrected chi connectivity index (χ2v) is 6.02. The van der Waals surface area contributed by atoms with Crippen molar-refractivity contribution in [2.24, 2.45) is 0 Å². The van der Waals surface area contributed by atoms with E-state index in [4.69, 9.17) is 14.9 Å².